The molecule has 1 saturated heterocycles. The number of carbonyl (C=O) groups excluding carboxylic acids is 2. The molecule has 0 aliphatic carbocycles. The molecule has 2 N–H and O–H groups in total. The quantitative estimate of drug-likeness (QED) is 0.614. The number of piperidine rings is 1. The Balaban J connectivity index is 1.98. The van der Waals surface area contributed by atoms with Gasteiger partial charge in [0.25, 0.3) is 0 Å². The lowest BCUT2D eigenvalue weighted by atomic mass is 9.87. The second kappa shape index (κ2) is 7.60. The van der Waals surface area contributed by atoms with E-state index >= 15 is 0 Å². The number of halogens is 1. The normalized spacial score (nSPS) is 21.1. The predicted octanol–water partition coefficient (Wildman–Crippen LogP) is 4.30. The van der Waals surface area contributed by atoms with Gasteiger partial charge in [0.05, 0.1) is 17.1 Å². The van der Waals surface area contributed by atoms with Crippen molar-refractivity contribution < 1.29 is 14.3 Å². The molecule has 1 aliphatic rings. The zero-order valence-corrected chi connectivity index (χ0v) is 15.9. The summed E-state index contributed by atoms with van der Waals surface area (Å²) in [5.74, 6) is -0.294. The summed E-state index contributed by atoms with van der Waals surface area (Å²) in [5, 5.41) is 8.77. The molecular formula is C18H26ClN3O3. The van der Waals surface area contributed by atoms with Gasteiger partial charge >= 0.3 is 6.09 Å². The van der Waals surface area contributed by atoms with Crippen LogP contribution < -0.4 is 0 Å². The number of ketones is 1. The number of amides is 1. The number of aromatic nitrogens is 1. The predicted molar refractivity (Wildman–Crippen MR) is 97.6 cm³/mol. The summed E-state index contributed by atoms with van der Waals surface area (Å²) in [5.41, 5.74) is 0.194. The highest BCUT2D eigenvalue weighted by molar-refractivity contribution is 6.31. The number of likely N-dealkylation sites (tertiary alicyclic amines) is 1. The number of hydrogen-bond donors (Lipinski definition) is 2. The zero-order chi connectivity index (χ0) is 18.8. The van der Waals surface area contributed by atoms with Gasteiger partial charge in [-0.1, -0.05) is 11.6 Å². The number of H-pyrrole nitrogens is 1. The molecule has 0 spiro atoms. The van der Waals surface area contributed by atoms with E-state index in [1.807, 2.05) is 27.7 Å². The Labute approximate surface area is 153 Å². The summed E-state index contributed by atoms with van der Waals surface area (Å²) in [6.45, 7) is 7.89. The first kappa shape index (κ1) is 19.5. The molecule has 0 radical (unpaired) electrons. The molecule has 25 heavy (non-hydrogen) atoms. The molecule has 0 aromatic carbocycles. The molecule has 1 aliphatic heterocycles. The van der Waals surface area contributed by atoms with Crippen LogP contribution in [0.1, 0.15) is 57.4 Å². The maximum absolute atomic E-state index is 12.4. The lowest BCUT2D eigenvalue weighted by Gasteiger charge is -2.38. The van der Waals surface area contributed by atoms with Crippen LogP contribution in [0.25, 0.3) is 0 Å². The number of carbonyl (C=O) groups is 2. The van der Waals surface area contributed by atoms with Gasteiger partial charge in [0, 0.05) is 30.4 Å². The summed E-state index contributed by atoms with van der Waals surface area (Å²) >= 11 is 5.82. The average Bonchev–Trinajstić information content (AvgIpc) is 2.92. The Morgan fingerprint density at radius 2 is 2.08 bits per heavy atom. The molecule has 2 heterocycles. The third kappa shape index (κ3) is 5.33. The fraction of sp³-hybridized carbons (Fsp3) is 0.611. The molecule has 1 aromatic heterocycles. The summed E-state index contributed by atoms with van der Waals surface area (Å²) < 4.78 is 5.46. The van der Waals surface area contributed by atoms with Crippen LogP contribution in [0, 0.1) is 11.3 Å². The summed E-state index contributed by atoms with van der Waals surface area (Å²) in [6.07, 6.45) is 2.79. The van der Waals surface area contributed by atoms with Gasteiger partial charge in [-0.05, 0) is 46.6 Å². The maximum Gasteiger partial charge on any atom is 0.410 e. The average molecular weight is 368 g/mol. The first-order valence-electron chi connectivity index (χ1n) is 8.51. The monoisotopic (exact) mass is 367 g/mol. The van der Waals surface area contributed by atoms with Gasteiger partial charge in [0.2, 0.25) is 0 Å². The van der Waals surface area contributed by atoms with Crippen LogP contribution in [0.2, 0.25) is 5.02 Å². The van der Waals surface area contributed by atoms with E-state index in [9.17, 15) is 9.59 Å². The van der Waals surface area contributed by atoms with Crippen LogP contribution in [0.15, 0.2) is 12.3 Å². The highest BCUT2D eigenvalue weighted by Crippen LogP contribution is 2.26. The second-order valence-corrected chi connectivity index (χ2v) is 8.05. The number of aromatic amines is 1. The van der Waals surface area contributed by atoms with E-state index < -0.39 is 5.60 Å². The maximum atomic E-state index is 12.4. The van der Waals surface area contributed by atoms with E-state index in [1.54, 1.807) is 17.2 Å². The molecule has 2 rings (SSSR count). The number of rotatable bonds is 4. The van der Waals surface area contributed by atoms with Crippen LogP contribution in [0.3, 0.4) is 0 Å². The molecule has 2 unspecified atom stereocenters. The van der Waals surface area contributed by atoms with Crippen molar-refractivity contribution in [3.8, 4) is 0 Å². The van der Waals surface area contributed by atoms with Gasteiger partial charge < -0.3 is 20.0 Å². The molecular weight excluding hydrogens is 342 g/mol. The number of hydrogen-bond acceptors (Lipinski definition) is 4. The lowest BCUT2D eigenvalue weighted by Crippen LogP contribution is -2.49. The minimum absolute atomic E-state index is 0.0258. The van der Waals surface area contributed by atoms with Crippen molar-refractivity contribution in [1.82, 2.24) is 9.88 Å². The van der Waals surface area contributed by atoms with Crippen molar-refractivity contribution >= 4 is 29.2 Å². The Hall–Kier alpha value is -1.82. The van der Waals surface area contributed by atoms with Crippen molar-refractivity contribution in [2.45, 2.75) is 58.6 Å². The van der Waals surface area contributed by atoms with E-state index in [2.05, 4.69) is 4.98 Å². The summed E-state index contributed by atoms with van der Waals surface area (Å²) in [6, 6.07) is 1.63. The van der Waals surface area contributed by atoms with E-state index in [0.29, 0.717) is 23.0 Å². The molecule has 1 amide bonds. The zero-order valence-electron chi connectivity index (χ0n) is 15.2. The standard InChI is InChI=1S/C18H26ClN3O3/c1-11-5-6-12(10-22(11)17(24)25-18(2,3)4)14(20)8-16(23)15-7-13(19)9-21-15/h7,9,11-12,20-21H,5-6,8,10H2,1-4H3. The lowest BCUT2D eigenvalue weighted by molar-refractivity contribution is 0.00903. The highest BCUT2D eigenvalue weighted by Gasteiger charge is 2.34. The van der Waals surface area contributed by atoms with Gasteiger partial charge in [-0.3, -0.25) is 4.79 Å². The minimum Gasteiger partial charge on any atom is -0.444 e. The summed E-state index contributed by atoms with van der Waals surface area (Å²) in [7, 11) is 0. The Morgan fingerprint density at radius 3 is 2.64 bits per heavy atom. The van der Waals surface area contributed by atoms with Crippen LogP contribution in [0.4, 0.5) is 4.79 Å². The SMILES string of the molecule is CC1CCC(C(=N)CC(=O)c2cc(Cl)c[nH]2)CN1C(=O)OC(C)(C)C. The molecule has 7 heteroatoms. The van der Waals surface area contributed by atoms with Crippen LogP contribution in [0.5, 0.6) is 0 Å². The third-order valence-electron chi connectivity index (χ3n) is 4.30. The Morgan fingerprint density at radius 1 is 1.40 bits per heavy atom. The second-order valence-electron chi connectivity index (χ2n) is 7.61. The highest BCUT2D eigenvalue weighted by atomic mass is 35.5. The molecule has 1 aromatic rings. The number of nitrogens with one attached hydrogen (secondary N) is 2. The first-order valence-corrected chi connectivity index (χ1v) is 8.88. The number of Topliss-reactive ketones (excluding diaryl/α,β-unsaturated/α-hetero) is 1. The summed E-state index contributed by atoms with van der Waals surface area (Å²) in [4.78, 5) is 29.1. The van der Waals surface area contributed by atoms with E-state index in [0.717, 1.165) is 12.8 Å². The molecule has 6 nitrogen and oxygen atoms in total. The topological polar surface area (TPSA) is 86.3 Å². The largest absolute Gasteiger partial charge is 0.444 e. The first-order chi connectivity index (χ1) is 11.6. The van der Waals surface area contributed by atoms with Crippen molar-refractivity contribution in [2.24, 2.45) is 5.92 Å². The van der Waals surface area contributed by atoms with Gasteiger partial charge in [0.1, 0.15) is 5.60 Å². The van der Waals surface area contributed by atoms with Crippen molar-refractivity contribution in [2.75, 3.05) is 6.54 Å². The van der Waals surface area contributed by atoms with E-state index in [-0.39, 0.29) is 30.3 Å². The smallest absolute Gasteiger partial charge is 0.410 e. The van der Waals surface area contributed by atoms with Crippen molar-refractivity contribution in [1.29, 1.82) is 5.41 Å². The van der Waals surface area contributed by atoms with E-state index in [4.69, 9.17) is 21.7 Å². The Bertz CT molecular complexity index is 663. The van der Waals surface area contributed by atoms with Gasteiger partial charge in [-0.25, -0.2) is 4.79 Å². The van der Waals surface area contributed by atoms with Crippen molar-refractivity contribution in [3.63, 3.8) is 0 Å². The molecule has 138 valence electrons. The van der Waals surface area contributed by atoms with Gasteiger partial charge in [0.15, 0.2) is 5.78 Å². The van der Waals surface area contributed by atoms with Crippen molar-refractivity contribution in [3.05, 3.63) is 23.0 Å². The molecule has 0 saturated carbocycles. The van der Waals surface area contributed by atoms with Gasteiger partial charge in [-0.2, -0.15) is 0 Å². The fourth-order valence-electron chi connectivity index (χ4n) is 2.91. The van der Waals surface area contributed by atoms with Gasteiger partial charge in [-0.15, -0.1) is 0 Å². The number of nitrogens with zero attached hydrogens (tertiary/aromatic N) is 1. The molecule has 2 atom stereocenters. The van der Waals surface area contributed by atoms with E-state index in [1.165, 1.54) is 0 Å². The third-order valence-corrected chi connectivity index (χ3v) is 4.52. The Kier molecular flexibility index (Phi) is 5.93. The van der Waals surface area contributed by atoms with Crippen LogP contribution in [-0.4, -0.2) is 45.7 Å². The number of ether oxygens (including phenoxy) is 1. The molecule has 0 bridgehead atoms. The molecule has 1 fully saturated rings. The minimum atomic E-state index is -0.555. The fourth-order valence-corrected chi connectivity index (χ4v) is 3.07. The van der Waals surface area contributed by atoms with Crippen LogP contribution >= 0.6 is 11.6 Å². The van der Waals surface area contributed by atoms with Crippen LogP contribution in [-0.2, 0) is 4.74 Å².